The minimum atomic E-state index is -0.308. The molecule has 4 atom stereocenters. The van der Waals surface area contributed by atoms with Crippen LogP contribution in [0.3, 0.4) is 0 Å². The normalized spacial score (nSPS) is 41.8. The van der Waals surface area contributed by atoms with Gasteiger partial charge in [0.25, 0.3) is 0 Å². The number of nitrogens with zero attached hydrogens (tertiary/aromatic N) is 1. The predicted molar refractivity (Wildman–Crippen MR) is 96.3 cm³/mol. The predicted octanol–water partition coefficient (Wildman–Crippen LogP) is 4.93. The van der Waals surface area contributed by atoms with E-state index in [0.29, 0.717) is 23.4 Å². The number of cyclic esters (lactones) is 1. The first-order chi connectivity index (χ1) is 11.4. The lowest BCUT2D eigenvalue weighted by atomic mass is 9.49. The van der Waals surface area contributed by atoms with E-state index in [9.17, 15) is 4.79 Å². The first-order valence-corrected chi connectivity index (χ1v) is 9.97. The minimum absolute atomic E-state index is 0.101. The fraction of sp³-hybridized carbons (Fsp3) is 0.579. The zero-order chi connectivity index (χ0) is 16.5. The summed E-state index contributed by atoms with van der Waals surface area (Å²) in [4.78, 5) is 18.0. The van der Waals surface area contributed by atoms with Gasteiger partial charge in [0, 0.05) is 15.2 Å². The molecule has 5 heteroatoms. The summed E-state index contributed by atoms with van der Waals surface area (Å²) in [7, 11) is 0. The summed E-state index contributed by atoms with van der Waals surface area (Å²) in [5.74, 6) is 1.67. The second-order valence-corrected chi connectivity index (χ2v) is 9.95. The van der Waals surface area contributed by atoms with Crippen molar-refractivity contribution in [1.29, 1.82) is 0 Å². The Morgan fingerprint density at radius 3 is 2.71 bits per heavy atom. The number of thiophene rings is 1. The Morgan fingerprint density at radius 1 is 1.33 bits per heavy atom. The highest BCUT2D eigenvalue weighted by Crippen LogP contribution is 2.64. The Balaban J connectivity index is 1.51. The summed E-state index contributed by atoms with van der Waals surface area (Å²) in [6, 6.07) is 2.05. The topological polar surface area (TPSA) is 38.7 Å². The molecule has 0 N–H and O–H groups in total. The first kappa shape index (κ1) is 15.2. The average molecular weight is 362 g/mol. The smallest absolute Gasteiger partial charge is 0.363 e. The molecular formula is C19H20ClNO2S. The van der Waals surface area contributed by atoms with Crippen molar-refractivity contribution < 1.29 is 9.53 Å². The third kappa shape index (κ3) is 2.22. The lowest BCUT2D eigenvalue weighted by Gasteiger charge is -2.59. The van der Waals surface area contributed by atoms with Gasteiger partial charge in [-0.05, 0) is 80.4 Å². The van der Waals surface area contributed by atoms with Gasteiger partial charge in [-0.3, -0.25) is 0 Å². The Labute approximate surface area is 150 Å². The highest BCUT2D eigenvalue weighted by Gasteiger charge is 2.60. The van der Waals surface area contributed by atoms with Gasteiger partial charge in [-0.2, -0.15) is 0 Å². The van der Waals surface area contributed by atoms with Gasteiger partial charge < -0.3 is 4.74 Å². The van der Waals surface area contributed by atoms with Gasteiger partial charge in [0.15, 0.2) is 5.70 Å². The molecule has 4 saturated carbocycles. The summed E-state index contributed by atoms with van der Waals surface area (Å²) >= 11 is 8.52. The van der Waals surface area contributed by atoms with E-state index in [1.165, 1.54) is 12.0 Å². The van der Waals surface area contributed by atoms with E-state index < -0.39 is 0 Å². The Hall–Kier alpha value is -1.13. The molecule has 1 aliphatic heterocycles. The lowest BCUT2D eigenvalue weighted by molar-refractivity contribution is -0.131. The summed E-state index contributed by atoms with van der Waals surface area (Å²) in [5, 5.41) is 2.03. The number of ether oxygens (including phenoxy) is 1. The van der Waals surface area contributed by atoms with Crippen LogP contribution in [0.5, 0.6) is 0 Å². The Kier molecular flexibility index (Phi) is 3.12. The number of aliphatic imine (C=N–C) groups is 1. The maximum absolute atomic E-state index is 12.4. The first-order valence-electron chi connectivity index (χ1n) is 8.71. The molecule has 4 fully saturated rings. The van der Waals surface area contributed by atoms with Gasteiger partial charge in [0.2, 0.25) is 5.90 Å². The molecule has 2 heterocycles. The van der Waals surface area contributed by atoms with Crippen LogP contribution in [-0.2, 0) is 9.53 Å². The molecule has 4 aliphatic carbocycles. The van der Waals surface area contributed by atoms with Crippen molar-refractivity contribution in [3.8, 4) is 0 Å². The number of carbonyl (C=O) groups is 1. The van der Waals surface area contributed by atoms with Crippen LogP contribution < -0.4 is 0 Å². The molecule has 0 amide bonds. The molecule has 24 heavy (non-hydrogen) atoms. The Bertz CT molecular complexity index is 779. The van der Waals surface area contributed by atoms with E-state index in [2.05, 4.69) is 11.1 Å². The van der Waals surface area contributed by atoms with Crippen molar-refractivity contribution in [2.24, 2.45) is 22.2 Å². The van der Waals surface area contributed by atoms with Crippen LogP contribution >= 0.6 is 22.9 Å². The number of aryl methyl sites for hydroxylation is 1. The van der Waals surface area contributed by atoms with Gasteiger partial charge in [-0.25, -0.2) is 9.79 Å². The van der Waals surface area contributed by atoms with E-state index >= 15 is 0 Å². The third-order valence-electron chi connectivity index (χ3n) is 6.23. The van der Waals surface area contributed by atoms with Crippen molar-refractivity contribution in [3.63, 3.8) is 0 Å². The van der Waals surface area contributed by atoms with Crippen molar-refractivity contribution in [2.75, 3.05) is 0 Å². The molecule has 4 bridgehead atoms. The maximum Gasteiger partial charge on any atom is 0.363 e. The standard InChI is InChI=1S/C19H20ClNO2S/c1-11-2-3-24-15(11)5-14-16(22)23-17(21-14)18-6-12-4-13(7-18)9-19(20,8-12)10-18/h2-3,5,12-13H,4,6-10H2,1H3/b14-5-/t12-,13+,18?,19?. The van der Waals surface area contributed by atoms with Crippen LogP contribution in [0.4, 0.5) is 0 Å². The molecule has 0 spiro atoms. The molecule has 0 aromatic carbocycles. The molecule has 0 radical (unpaired) electrons. The van der Waals surface area contributed by atoms with Crippen LogP contribution in [-0.4, -0.2) is 16.7 Å². The fourth-order valence-corrected chi connectivity index (χ4v) is 7.24. The van der Waals surface area contributed by atoms with Gasteiger partial charge in [0.05, 0.1) is 0 Å². The van der Waals surface area contributed by atoms with Crippen LogP contribution in [0.2, 0.25) is 0 Å². The van der Waals surface area contributed by atoms with Gasteiger partial charge in [0.1, 0.15) is 0 Å². The van der Waals surface area contributed by atoms with Gasteiger partial charge in [-0.15, -0.1) is 22.9 Å². The number of hydrogen-bond donors (Lipinski definition) is 0. The van der Waals surface area contributed by atoms with Gasteiger partial charge >= 0.3 is 5.97 Å². The monoisotopic (exact) mass is 361 g/mol. The molecule has 1 aromatic heterocycles. The highest BCUT2D eigenvalue weighted by atomic mass is 35.5. The second-order valence-electron chi connectivity index (χ2n) is 8.20. The van der Waals surface area contributed by atoms with Crippen molar-refractivity contribution >= 4 is 40.9 Å². The number of rotatable bonds is 2. The van der Waals surface area contributed by atoms with Crippen LogP contribution in [0, 0.1) is 24.2 Å². The molecule has 126 valence electrons. The second kappa shape index (κ2) is 4.95. The quantitative estimate of drug-likeness (QED) is 0.425. The van der Waals surface area contributed by atoms with E-state index in [1.807, 2.05) is 18.4 Å². The highest BCUT2D eigenvalue weighted by molar-refractivity contribution is 7.11. The molecule has 1 aromatic rings. The van der Waals surface area contributed by atoms with Crippen molar-refractivity contribution in [3.05, 3.63) is 27.6 Å². The van der Waals surface area contributed by atoms with Crippen molar-refractivity contribution in [2.45, 2.75) is 50.3 Å². The number of carbonyl (C=O) groups excluding carboxylic acids is 1. The molecule has 2 unspecified atom stereocenters. The molecular weight excluding hydrogens is 342 g/mol. The van der Waals surface area contributed by atoms with E-state index in [4.69, 9.17) is 16.3 Å². The fourth-order valence-electron chi connectivity index (χ4n) is 5.69. The van der Waals surface area contributed by atoms with E-state index in [0.717, 1.165) is 37.0 Å². The SMILES string of the molecule is Cc1ccsc1/C=C1\N=C(C23C[C@@H]4C[C@@H](CC(Cl)(C4)C2)C3)OC1=O. The van der Waals surface area contributed by atoms with Crippen molar-refractivity contribution in [1.82, 2.24) is 0 Å². The van der Waals surface area contributed by atoms with Crippen LogP contribution in [0.1, 0.15) is 49.0 Å². The third-order valence-corrected chi connectivity index (χ3v) is 7.64. The lowest BCUT2D eigenvalue weighted by Crippen LogP contribution is -2.56. The number of esters is 1. The summed E-state index contributed by atoms with van der Waals surface area (Å²) in [6.07, 6.45) is 8.45. The summed E-state index contributed by atoms with van der Waals surface area (Å²) < 4.78 is 5.68. The number of alkyl halides is 1. The molecule has 6 rings (SSSR count). The molecule has 0 saturated heterocycles. The maximum atomic E-state index is 12.4. The van der Waals surface area contributed by atoms with Crippen LogP contribution in [0.25, 0.3) is 6.08 Å². The molecule has 5 aliphatic rings. The molecule has 3 nitrogen and oxygen atoms in total. The summed E-state index contributed by atoms with van der Waals surface area (Å²) in [6.45, 7) is 2.05. The zero-order valence-electron chi connectivity index (χ0n) is 13.7. The van der Waals surface area contributed by atoms with E-state index in [1.54, 1.807) is 11.3 Å². The zero-order valence-corrected chi connectivity index (χ0v) is 15.3. The Morgan fingerprint density at radius 2 is 2.08 bits per heavy atom. The minimum Gasteiger partial charge on any atom is -0.406 e. The van der Waals surface area contributed by atoms with Gasteiger partial charge in [-0.1, -0.05) is 0 Å². The van der Waals surface area contributed by atoms with Crippen LogP contribution in [0.15, 0.2) is 22.1 Å². The number of halogens is 1. The average Bonchev–Trinajstić information content (AvgIpc) is 3.04. The number of hydrogen-bond acceptors (Lipinski definition) is 4. The largest absolute Gasteiger partial charge is 0.406 e. The van der Waals surface area contributed by atoms with E-state index in [-0.39, 0.29) is 16.3 Å². The summed E-state index contributed by atoms with van der Waals surface area (Å²) in [5.41, 5.74) is 1.50.